The van der Waals surface area contributed by atoms with Gasteiger partial charge in [-0.1, -0.05) is 63.9 Å². The van der Waals surface area contributed by atoms with Crippen LogP contribution in [0.4, 0.5) is 4.39 Å². The molecule has 1 aromatic rings. The second kappa shape index (κ2) is 10.1. The average molecular weight is 396 g/mol. The summed E-state index contributed by atoms with van der Waals surface area (Å²) < 4.78 is 14.0. The Balaban J connectivity index is 1.17. The van der Waals surface area contributed by atoms with Gasteiger partial charge in [0.2, 0.25) is 0 Å². The van der Waals surface area contributed by atoms with Gasteiger partial charge in [-0.15, -0.1) is 0 Å². The zero-order valence-electron chi connectivity index (χ0n) is 18.1. The fraction of sp³-hybridized carbons (Fsp3) is 0.741. The van der Waals surface area contributed by atoms with E-state index < -0.39 is 0 Å². The first-order chi connectivity index (χ1) is 14.2. The molecular weight excluding hydrogens is 357 g/mol. The Kier molecular flexibility index (Phi) is 7.28. The molecule has 3 aliphatic rings. The third-order valence-corrected chi connectivity index (χ3v) is 8.61. The van der Waals surface area contributed by atoms with Crippen LogP contribution in [-0.2, 0) is 0 Å². The van der Waals surface area contributed by atoms with Crippen LogP contribution in [-0.4, -0.2) is 0 Å². The molecular formula is C27H38FN. The van der Waals surface area contributed by atoms with E-state index in [-0.39, 0.29) is 11.4 Å². The largest absolute Gasteiger partial charge is 0.206 e. The SMILES string of the molecule is N#Cc1ccc(C2CCC(C3CCC(CCCC4CCCC4)CC3)CC2)cc1F. The van der Waals surface area contributed by atoms with Crippen LogP contribution in [0.25, 0.3) is 0 Å². The van der Waals surface area contributed by atoms with Gasteiger partial charge in [-0.2, -0.15) is 5.26 Å². The van der Waals surface area contributed by atoms with Crippen molar-refractivity contribution in [3.05, 3.63) is 35.1 Å². The van der Waals surface area contributed by atoms with E-state index in [1.54, 1.807) is 12.1 Å². The second-order valence-corrected chi connectivity index (χ2v) is 10.3. The lowest BCUT2D eigenvalue weighted by atomic mass is 9.68. The van der Waals surface area contributed by atoms with Gasteiger partial charge in [0, 0.05) is 0 Å². The standard InChI is InChI=1S/C27H38FN/c28-27-18-25(16-17-26(27)19-29)24-14-12-23(13-15-24)22-10-8-21(9-11-22)7-3-6-20-4-1-2-5-20/h16-18,20-24H,1-15H2. The van der Waals surface area contributed by atoms with Crippen LogP contribution in [0.3, 0.4) is 0 Å². The van der Waals surface area contributed by atoms with Crippen LogP contribution in [0, 0.1) is 40.8 Å². The quantitative estimate of drug-likeness (QED) is 0.477. The third-order valence-electron chi connectivity index (χ3n) is 8.61. The topological polar surface area (TPSA) is 23.8 Å². The van der Waals surface area contributed by atoms with E-state index in [9.17, 15) is 4.39 Å². The molecule has 0 aliphatic heterocycles. The molecule has 3 fully saturated rings. The Labute approximate surface area is 177 Å². The minimum atomic E-state index is -0.349. The summed E-state index contributed by atoms with van der Waals surface area (Å²) >= 11 is 0. The normalized spacial score (nSPS) is 30.9. The van der Waals surface area contributed by atoms with Crippen molar-refractivity contribution in [3.8, 4) is 6.07 Å². The number of nitriles is 1. The molecule has 29 heavy (non-hydrogen) atoms. The van der Waals surface area contributed by atoms with Crippen LogP contribution in [0.15, 0.2) is 18.2 Å². The molecule has 1 nitrogen and oxygen atoms in total. The van der Waals surface area contributed by atoms with Crippen molar-refractivity contribution in [3.63, 3.8) is 0 Å². The highest BCUT2D eigenvalue weighted by Gasteiger charge is 2.31. The van der Waals surface area contributed by atoms with Crippen molar-refractivity contribution in [2.24, 2.45) is 23.7 Å². The summed E-state index contributed by atoms with van der Waals surface area (Å²) in [4.78, 5) is 0. The number of hydrogen-bond donors (Lipinski definition) is 0. The smallest absolute Gasteiger partial charge is 0.141 e. The van der Waals surface area contributed by atoms with Gasteiger partial charge in [0.15, 0.2) is 0 Å². The van der Waals surface area contributed by atoms with Crippen molar-refractivity contribution in [1.29, 1.82) is 5.26 Å². The van der Waals surface area contributed by atoms with E-state index in [4.69, 9.17) is 5.26 Å². The molecule has 0 aromatic heterocycles. The van der Waals surface area contributed by atoms with E-state index >= 15 is 0 Å². The molecule has 0 N–H and O–H groups in total. The predicted octanol–water partition coefficient (Wildman–Crippen LogP) is 8.14. The Morgan fingerprint density at radius 1 is 0.793 bits per heavy atom. The number of hydrogen-bond acceptors (Lipinski definition) is 1. The first kappa shape index (κ1) is 20.9. The van der Waals surface area contributed by atoms with Gasteiger partial charge in [0.25, 0.3) is 0 Å². The molecule has 1 aromatic carbocycles. The van der Waals surface area contributed by atoms with Crippen molar-refractivity contribution >= 4 is 0 Å². The lowest BCUT2D eigenvalue weighted by Gasteiger charge is -2.38. The van der Waals surface area contributed by atoms with Crippen molar-refractivity contribution in [2.45, 2.75) is 102 Å². The molecule has 4 rings (SSSR count). The maximum absolute atomic E-state index is 14.0. The van der Waals surface area contributed by atoms with Gasteiger partial charge in [-0.3, -0.25) is 0 Å². The van der Waals surface area contributed by atoms with Crippen molar-refractivity contribution in [1.82, 2.24) is 0 Å². The summed E-state index contributed by atoms with van der Waals surface area (Å²) in [5, 5.41) is 8.92. The molecule has 0 amide bonds. The average Bonchev–Trinajstić information content (AvgIpc) is 3.28. The van der Waals surface area contributed by atoms with Crippen LogP contribution in [0.1, 0.15) is 113 Å². The number of nitrogens with zero attached hydrogens (tertiary/aromatic N) is 1. The van der Waals surface area contributed by atoms with Gasteiger partial charge in [0.1, 0.15) is 11.9 Å². The zero-order valence-corrected chi connectivity index (χ0v) is 18.1. The first-order valence-electron chi connectivity index (χ1n) is 12.4. The highest BCUT2D eigenvalue weighted by atomic mass is 19.1. The Morgan fingerprint density at radius 2 is 1.38 bits per heavy atom. The van der Waals surface area contributed by atoms with Crippen molar-refractivity contribution in [2.75, 3.05) is 0 Å². The zero-order chi connectivity index (χ0) is 20.1. The Bertz CT molecular complexity index is 683. The number of rotatable bonds is 6. The molecule has 0 radical (unpaired) electrons. The van der Waals surface area contributed by atoms with Crippen LogP contribution in [0.5, 0.6) is 0 Å². The van der Waals surface area contributed by atoms with Crippen molar-refractivity contribution < 1.29 is 4.39 Å². The molecule has 2 heteroatoms. The van der Waals surface area contributed by atoms with Gasteiger partial charge in [0.05, 0.1) is 5.56 Å². The Morgan fingerprint density at radius 3 is 1.97 bits per heavy atom. The van der Waals surface area contributed by atoms with Gasteiger partial charge >= 0.3 is 0 Å². The molecule has 0 atom stereocenters. The number of benzene rings is 1. The van der Waals surface area contributed by atoms with E-state index in [1.165, 1.54) is 96.3 Å². The first-order valence-corrected chi connectivity index (χ1v) is 12.4. The maximum Gasteiger partial charge on any atom is 0.141 e. The lowest BCUT2D eigenvalue weighted by Crippen LogP contribution is -2.25. The monoisotopic (exact) mass is 395 g/mol. The van der Waals surface area contributed by atoms with Crippen LogP contribution >= 0.6 is 0 Å². The fourth-order valence-corrected chi connectivity index (χ4v) is 6.74. The predicted molar refractivity (Wildman–Crippen MR) is 117 cm³/mol. The lowest BCUT2D eigenvalue weighted by molar-refractivity contribution is 0.155. The Hall–Kier alpha value is -1.36. The summed E-state index contributed by atoms with van der Waals surface area (Å²) in [7, 11) is 0. The minimum absolute atomic E-state index is 0.169. The molecule has 3 aliphatic carbocycles. The van der Waals surface area contributed by atoms with E-state index in [2.05, 4.69) is 0 Å². The number of halogens is 1. The summed E-state index contributed by atoms with van der Waals surface area (Å²) in [6.07, 6.45) is 21.3. The van der Waals surface area contributed by atoms with Crippen LogP contribution in [0.2, 0.25) is 0 Å². The molecule has 0 bridgehead atoms. The van der Waals surface area contributed by atoms with Gasteiger partial charge in [-0.25, -0.2) is 4.39 Å². The molecule has 0 saturated heterocycles. The molecule has 0 heterocycles. The molecule has 0 unspecified atom stereocenters. The van der Waals surface area contributed by atoms with E-state index in [0.717, 1.165) is 29.2 Å². The fourth-order valence-electron chi connectivity index (χ4n) is 6.74. The highest BCUT2D eigenvalue weighted by Crippen LogP contribution is 2.44. The van der Waals surface area contributed by atoms with E-state index in [0.29, 0.717) is 5.92 Å². The summed E-state index contributed by atoms with van der Waals surface area (Å²) in [6, 6.07) is 7.18. The van der Waals surface area contributed by atoms with Gasteiger partial charge in [-0.05, 0) is 85.8 Å². The summed E-state index contributed by atoms with van der Waals surface area (Å²) in [5.74, 6) is 4.05. The minimum Gasteiger partial charge on any atom is -0.206 e. The van der Waals surface area contributed by atoms with Crippen LogP contribution < -0.4 is 0 Å². The molecule has 158 valence electrons. The maximum atomic E-state index is 14.0. The summed E-state index contributed by atoms with van der Waals surface area (Å²) in [6.45, 7) is 0. The summed E-state index contributed by atoms with van der Waals surface area (Å²) in [5.41, 5.74) is 1.27. The molecule has 3 saturated carbocycles. The van der Waals surface area contributed by atoms with E-state index in [1.807, 2.05) is 12.1 Å². The van der Waals surface area contributed by atoms with Gasteiger partial charge < -0.3 is 0 Å². The third kappa shape index (κ3) is 5.42. The molecule has 0 spiro atoms. The highest BCUT2D eigenvalue weighted by molar-refractivity contribution is 5.34. The second-order valence-electron chi connectivity index (χ2n) is 10.3.